The van der Waals surface area contributed by atoms with Crippen molar-refractivity contribution in [3.8, 4) is 0 Å². The molecule has 0 aromatic rings. The second-order valence-electron chi connectivity index (χ2n) is 4.78. The summed E-state index contributed by atoms with van der Waals surface area (Å²) < 4.78 is 0. The largest absolute Gasteiger partial charge is 0.349 e. The zero-order valence-electron chi connectivity index (χ0n) is 10.8. The molecule has 1 aliphatic heterocycles. The van der Waals surface area contributed by atoms with E-state index in [2.05, 4.69) is 0 Å². The lowest BCUT2D eigenvalue weighted by Crippen LogP contribution is -2.42. The Labute approximate surface area is 103 Å². The molecule has 2 N–H and O–H groups in total. The number of carbonyl (C=O) groups excluding carboxylic acids is 2. The van der Waals surface area contributed by atoms with Crippen molar-refractivity contribution in [2.45, 2.75) is 25.7 Å². The molecule has 17 heavy (non-hydrogen) atoms. The molecule has 0 saturated carbocycles. The average molecular weight is 241 g/mol. The maximum Gasteiger partial charge on any atom is 0.225 e. The number of nitrogens with zero attached hydrogens (tertiary/aromatic N) is 2. The molecule has 1 aliphatic rings. The summed E-state index contributed by atoms with van der Waals surface area (Å²) in [4.78, 5) is 27.0. The molecule has 0 bridgehead atoms. The molecule has 0 unspecified atom stereocenters. The van der Waals surface area contributed by atoms with Crippen LogP contribution in [0.5, 0.6) is 0 Å². The second kappa shape index (κ2) is 6.59. The third-order valence-electron chi connectivity index (χ3n) is 3.23. The van der Waals surface area contributed by atoms with Crippen LogP contribution < -0.4 is 5.73 Å². The highest BCUT2D eigenvalue weighted by atomic mass is 16.2. The normalized spacial score (nSPS) is 17.0. The minimum absolute atomic E-state index is 0.0866. The molecule has 0 radical (unpaired) electrons. The molecule has 0 spiro atoms. The van der Waals surface area contributed by atoms with Gasteiger partial charge in [0.25, 0.3) is 0 Å². The fraction of sp³-hybridized carbons (Fsp3) is 0.833. The first-order valence-corrected chi connectivity index (χ1v) is 6.25. The first-order chi connectivity index (χ1) is 8.06. The molecule has 0 aromatic carbocycles. The Hall–Kier alpha value is -1.10. The van der Waals surface area contributed by atoms with Crippen molar-refractivity contribution in [1.29, 1.82) is 0 Å². The molecule has 1 fully saturated rings. The molecule has 2 amide bonds. The third-order valence-corrected chi connectivity index (χ3v) is 3.23. The molecule has 0 atom stereocenters. The summed E-state index contributed by atoms with van der Waals surface area (Å²) >= 11 is 0. The Morgan fingerprint density at radius 2 is 1.88 bits per heavy atom. The number of hydrogen-bond acceptors (Lipinski definition) is 3. The molecule has 1 saturated heterocycles. The van der Waals surface area contributed by atoms with E-state index >= 15 is 0 Å². The highest BCUT2D eigenvalue weighted by Crippen LogP contribution is 2.19. The van der Waals surface area contributed by atoms with E-state index in [-0.39, 0.29) is 17.7 Å². The van der Waals surface area contributed by atoms with Gasteiger partial charge in [-0.3, -0.25) is 9.59 Å². The van der Waals surface area contributed by atoms with Crippen LogP contribution in [0.4, 0.5) is 0 Å². The van der Waals surface area contributed by atoms with E-state index in [1.807, 2.05) is 4.90 Å². The van der Waals surface area contributed by atoms with Gasteiger partial charge in [0.05, 0.1) is 0 Å². The van der Waals surface area contributed by atoms with Crippen LogP contribution in [0, 0.1) is 5.92 Å². The van der Waals surface area contributed by atoms with Crippen molar-refractivity contribution < 1.29 is 9.59 Å². The van der Waals surface area contributed by atoms with E-state index in [1.54, 1.807) is 19.0 Å². The molecular weight excluding hydrogens is 218 g/mol. The molecule has 98 valence electrons. The molecular formula is C12H23N3O2. The molecule has 0 aromatic heterocycles. The Morgan fingerprint density at radius 3 is 2.35 bits per heavy atom. The van der Waals surface area contributed by atoms with Crippen molar-refractivity contribution in [2.75, 3.05) is 33.7 Å². The van der Waals surface area contributed by atoms with Crippen LogP contribution in [0.3, 0.4) is 0 Å². The number of hydrogen-bond donors (Lipinski definition) is 1. The Balaban J connectivity index is 2.35. The molecule has 5 heteroatoms. The lowest BCUT2D eigenvalue weighted by molar-refractivity contribution is -0.139. The number of nitrogens with two attached hydrogens (primary N) is 1. The van der Waals surface area contributed by atoms with Gasteiger partial charge in [-0.15, -0.1) is 0 Å². The SMILES string of the molecule is CN(C)C(=O)C1CCN(C(=O)CCCN)CC1. The molecule has 0 aliphatic carbocycles. The lowest BCUT2D eigenvalue weighted by Gasteiger charge is -2.32. The summed E-state index contributed by atoms with van der Waals surface area (Å²) in [5, 5.41) is 0. The quantitative estimate of drug-likeness (QED) is 0.756. The fourth-order valence-electron chi connectivity index (χ4n) is 2.15. The van der Waals surface area contributed by atoms with Gasteiger partial charge in [-0.2, -0.15) is 0 Å². The Bertz CT molecular complexity index is 271. The van der Waals surface area contributed by atoms with Gasteiger partial charge in [0.2, 0.25) is 11.8 Å². The van der Waals surface area contributed by atoms with Gasteiger partial charge in [-0.1, -0.05) is 0 Å². The molecule has 1 heterocycles. The van der Waals surface area contributed by atoms with E-state index in [0.29, 0.717) is 26.1 Å². The van der Waals surface area contributed by atoms with Crippen molar-refractivity contribution in [3.05, 3.63) is 0 Å². The molecule has 1 rings (SSSR count). The molecule has 5 nitrogen and oxygen atoms in total. The van der Waals surface area contributed by atoms with E-state index in [9.17, 15) is 9.59 Å². The van der Waals surface area contributed by atoms with Crippen LogP contribution >= 0.6 is 0 Å². The zero-order valence-corrected chi connectivity index (χ0v) is 10.8. The fourth-order valence-corrected chi connectivity index (χ4v) is 2.15. The Kier molecular flexibility index (Phi) is 5.41. The van der Waals surface area contributed by atoms with E-state index < -0.39 is 0 Å². The zero-order chi connectivity index (χ0) is 12.8. The van der Waals surface area contributed by atoms with E-state index in [0.717, 1.165) is 19.3 Å². The predicted octanol–water partition coefficient (Wildman–Crippen LogP) is 0.0521. The topological polar surface area (TPSA) is 66.6 Å². The predicted molar refractivity (Wildman–Crippen MR) is 66.3 cm³/mol. The summed E-state index contributed by atoms with van der Waals surface area (Å²) in [7, 11) is 3.56. The number of amides is 2. The van der Waals surface area contributed by atoms with Gasteiger partial charge in [0, 0.05) is 39.5 Å². The number of piperidine rings is 1. The summed E-state index contributed by atoms with van der Waals surface area (Å²) in [5.41, 5.74) is 5.38. The second-order valence-corrected chi connectivity index (χ2v) is 4.78. The van der Waals surface area contributed by atoms with Gasteiger partial charge in [0.1, 0.15) is 0 Å². The van der Waals surface area contributed by atoms with Crippen LogP contribution in [-0.2, 0) is 9.59 Å². The minimum Gasteiger partial charge on any atom is -0.349 e. The highest BCUT2D eigenvalue weighted by molar-refractivity contribution is 5.79. The first kappa shape index (κ1) is 14.0. The van der Waals surface area contributed by atoms with Crippen LogP contribution in [0.15, 0.2) is 0 Å². The smallest absolute Gasteiger partial charge is 0.225 e. The van der Waals surface area contributed by atoms with Gasteiger partial charge in [-0.05, 0) is 25.8 Å². The standard InChI is InChI=1S/C12H23N3O2/c1-14(2)12(17)10-5-8-15(9-6-10)11(16)4-3-7-13/h10H,3-9,13H2,1-2H3. The monoisotopic (exact) mass is 241 g/mol. The van der Waals surface area contributed by atoms with Gasteiger partial charge < -0.3 is 15.5 Å². The van der Waals surface area contributed by atoms with Crippen LogP contribution in [0.1, 0.15) is 25.7 Å². The minimum atomic E-state index is 0.0866. The highest BCUT2D eigenvalue weighted by Gasteiger charge is 2.27. The maximum atomic E-state index is 11.8. The first-order valence-electron chi connectivity index (χ1n) is 6.25. The van der Waals surface area contributed by atoms with Gasteiger partial charge >= 0.3 is 0 Å². The van der Waals surface area contributed by atoms with Crippen molar-refractivity contribution in [2.24, 2.45) is 11.7 Å². The van der Waals surface area contributed by atoms with Crippen LogP contribution in [0.25, 0.3) is 0 Å². The van der Waals surface area contributed by atoms with Crippen molar-refractivity contribution >= 4 is 11.8 Å². The summed E-state index contributed by atoms with van der Waals surface area (Å²) in [6.07, 6.45) is 2.84. The van der Waals surface area contributed by atoms with E-state index in [4.69, 9.17) is 5.73 Å². The van der Waals surface area contributed by atoms with Crippen LogP contribution in [-0.4, -0.2) is 55.3 Å². The number of likely N-dealkylation sites (tertiary alicyclic amines) is 1. The summed E-state index contributed by atoms with van der Waals surface area (Å²) in [5.74, 6) is 0.439. The number of rotatable bonds is 4. The summed E-state index contributed by atoms with van der Waals surface area (Å²) in [6, 6.07) is 0. The maximum absolute atomic E-state index is 11.8. The van der Waals surface area contributed by atoms with E-state index in [1.165, 1.54) is 0 Å². The van der Waals surface area contributed by atoms with Gasteiger partial charge in [0.15, 0.2) is 0 Å². The van der Waals surface area contributed by atoms with Crippen molar-refractivity contribution in [1.82, 2.24) is 9.80 Å². The van der Waals surface area contributed by atoms with Gasteiger partial charge in [-0.25, -0.2) is 0 Å². The average Bonchev–Trinajstić information content (AvgIpc) is 2.35. The third kappa shape index (κ3) is 4.00. The Morgan fingerprint density at radius 1 is 1.29 bits per heavy atom. The number of carbonyl (C=O) groups is 2. The van der Waals surface area contributed by atoms with Crippen molar-refractivity contribution in [3.63, 3.8) is 0 Å². The summed E-state index contributed by atoms with van der Waals surface area (Å²) in [6.45, 7) is 1.96. The van der Waals surface area contributed by atoms with Crippen LogP contribution in [0.2, 0.25) is 0 Å². The lowest BCUT2D eigenvalue weighted by atomic mass is 9.95.